The summed E-state index contributed by atoms with van der Waals surface area (Å²) in [4.78, 5) is 8.25. The van der Waals surface area contributed by atoms with E-state index in [4.69, 9.17) is 22.1 Å². The van der Waals surface area contributed by atoms with E-state index in [1.807, 2.05) is 0 Å². The minimum atomic E-state index is -0.457. The maximum Gasteiger partial charge on any atom is 0.184 e. The number of halogens is 2. The molecule has 1 fully saturated rings. The number of nitrogens with two attached hydrogens (primary N) is 1. The van der Waals surface area contributed by atoms with Gasteiger partial charge in [0.05, 0.1) is 21.9 Å². The molecule has 0 spiro atoms. The number of benzene rings is 1. The Hall–Kier alpha value is -2.16. The molecule has 1 aliphatic carbocycles. The third-order valence-corrected chi connectivity index (χ3v) is 6.22. The largest absolute Gasteiger partial charge is 0.489 e. The van der Waals surface area contributed by atoms with Crippen LogP contribution in [0.15, 0.2) is 24.4 Å². The molecule has 4 N–H and O–H groups in total. The molecule has 6 nitrogen and oxygen atoms in total. The van der Waals surface area contributed by atoms with Gasteiger partial charge in [0.1, 0.15) is 23.7 Å². The van der Waals surface area contributed by atoms with Gasteiger partial charge in [-0.2, -0.15) is 0 Å². The van der Waals surface area contributed by atoms with Crippen LogP contribution in [-0.2, 0) is 6.61 Å². The van der Waals surface area contributed by atoms with Crippen LogP contribution >= 0.6 is 22.9 Å². The van der Waals surface area contributed by atoms with E-state index in [0.29, 0.717) is 26.2 Å². The Bertz CT molecular complexity index is 999. The molecule has 1 saturated carbocycles. The number of nitrogens with zero attached hydrogens (tertiary/aromatic N) is 2. The summed E-state index contributed by atoms with van der Waals surface area (Å²) < 4.78 is 20.9. The van der Waals surface area contributed by atoms with E-state index in [9.17, 15) is 9.50 Å². The molecule has 0 saturated heterocycles. The Balaban J connectivity index is 1.52. The number of nitrogen functional groups attached to an aromatic ring is 1. The highest BCUT2D eigenvalue weighted by atomic mass is 35.5. The lowest BCUT2D eigenvalue weighted by Gasteiger charge is -2.27. The van der Waals surface area contributed by atoms with E-state index in [1.54, 1.807) is 18.3 Å². The number of pyridine rings is 1. The molecule has 1 unspecified atom stereocenters. The van der Waals surface area contributed by atoms with E-state index >= 15 is 0 Å². The summed E-state index contributed by atoms with van der Waals surface area (Å²) in [6, 6.07) is 4.71. The van der Waals surface area contributed by atoms with Crippen molar-refractivity contribution in [1.82, 2.24) is 9.97 Å². The highest BCUT2D eigenvalue weighted by Crippen LogP contribution is 2.33. The predicted molar refractivity (Wildman–Crippen MR) is 109 cm³/mol. The molecular formula is C19H20ClFN4O2S. The van der Waals surface area contributed by atoms with Crippen LogP contribution in [0, 0.1) is 5.82 Å². The number of aromatic nitrogens is 2. The minimum absolute atomic E-state index is 0.0487. The first-order valence-corrected chi connectivity index (χ1v) is 10.3. The van der Waals surface area contributed by atoms with Crippen molar-refractivity contribution in [2.24, 2.45) is 0 Å². The Labute approximate surface area is 170 Å². The first-order chi connectivity index (χ1) is 13.5. The summed E-state index contributed by atoms with van der Waals surface area (Å²) in [6.07, 6.45) is 4.89. The fourth-order valence-corrected chi connectivity index (χ4v) is 4.46. The van der Waals surface area contributed by atoms with Crippen LogP contribution in [0.25, 0.3) is 10.2 Å². The summed E-state index contributed by atoms with van der Waals surface area (Å²) in [5.41, 5.74) is 6.65. The van der Waals surface area contributed by atoms with Gasteiger partial charge in [0, 0.05) is 17.8 Å². The third-order valence-electron chi connectivity index (χ3n) is 4.85. The van der Waals surface area contributed by atoms with E-state index in [-0.39, 0.29) is 24.0 Å². The molecule has 0 aliphatic heterocycles. The van der Waals surface area contributed by atoms with Crippen LogP contribution in [0.4, 0.5) is 15.3 Å². The summed E-state index contributed by atoms with van der Waals surface area (Å²) in [5.74, 6) is 0.151. The number of hydrogen-bond acceptors (Lipinski definition) is 7. The Morgan fingerprint density at radius 3 is 3.00 bits per heavy atom. The van der Waals surface area contributed by atoms with Crippen LogP contribution in [0.2, 0.25) is 5.02 Å². The molecule has 2 aromatic heterocycles. The lowest BCUT2D eigenvalue weighted by molar-refractivity contribution is 0.116. The molecule has 3 aromatic rings. The summed E-state index contributed by atoms with van der Waals surface area (Å²) in [7, 11) is 0. The van der Waals surface area contributed by atoms with Crippen molar-refractivity contribution in [2.75, 3.05) is 11.1 Å². The van der Waals surface area contributed by atoms with Gasteiger partial charge in [-0.05, 0) is 25.0 Å². The van der Waals surface area contributed by atoms with Gasteiger partial charge >= 0.3 is 0 Å². The normalized spacial score (nSPS) is 19.7. The molecule has 2 atom stereocenters. The molecular weight excluding hydrogens is 403 g/mol. The van der Waals surface area contributed by atoms with Gasteiger partial charge in [0.2, 0.25) is 0 Å². The SMILES string of the molecule is Nc1nccc(COc2cc(F)c3nc(NC4CCCC[C@@H]4O)sc3c2)c1Cl. The Kier molecular flexibility index (Phi) is 5.52. The highest BCUT2D eigenvalue weighted by molar-refractivity contribution is 7.22. The third kappa shape index (κ3) is 3.99. The number of ether oxygens (including phenoxy) is 1. The molecule has 9 heteroatoms. The molecule has 0 bridgehead atoms. The van der Waals surface area contributed by atoms with Crippen molar-refractivity contribution in [2.45, 2.75) is 44.4 Å². The van der Waals surface area contributed by atoms with Gasteiger partial charge in [-0.25, -0.2) is 14.4 Å². The summed E-state index contributed by atoms with van der Waals surface area (Å²) in [6.45, 7) is 0.147. The van der Waals surface area contributed by atoms with Crippen molar-refractivity contribution in [1.29, 1.82) is 0 Å². The van der Waals surface area contributed by atoms with E-state index in [1.165, 1.54) is 17.4 Å². The smallest absolute Gasteiger partial charge is 0.184 e. The standard InChI is InChI=1S/C19H20ClFN4O2S/c20-16-10(5-6-23-18(16)22)9-27-11-7-12(21)17-15(8-11)28-19(25-17)24-13-3-1-2-4-14(13)26/h5-8,13-14,26H,1-4,9H2,(H2,22,23)(H,24,25)/t13?,14-/m0/s1. The number of aliphatic hydroxyl groups is 1. The minimum Gasteiger partial charge on any atom is -0.489 e. The number of rotatable bonds is 5. The number of thiazole rings is 1. The molecule has 28 heavy (non-hydrogen) atoms. The van der Waals surface area contributed by atoms with Crippen molar-refractivity contribution < 1.29 is 14.2 Å². The van der Waals surface area contributed by atoms with Crippen molar-refractivity contribution >= 4 is 44.1 Å². The fourth-order valence-electron chi connectivity index (χ4n) is 3.32. The Morgan fingerprint density at radius 1 is 1.36 bits per heavy atom. The van der Waals surface area contributed by atoms with Crippen LogP contribution in [0.5, 0.6) is 5.75 Å². The number of anilines is 2. The molecule has 2 heterocycles. The average molecular weight is 423 g/mol. The van der Waals surface area contributed by atoms with Crippen LogP contribution in [0.1, 0.15) is 31.2 Å². The average Bonchev–Trinajstić information content (AvgIpc) is 3.08. The zero-order valence-electron chi connectivity index (χ0n) is 15.0. The first-order valence-electron chi connectivity index (χ1n) is 9.07. The summed E-state index contributed by atoms with van der Waals surface area (Å²) >= 11 is 7.45. The quantitative estimate of drug-likeness (QED) is 0.565. The lowest BCUT2D eigenvalue weighted by Crippen LogP contribution is -2.36. The van der Waals surface area contributed by atoms with Crippen molar-refractivity contribution in [3.05, 3.63) is 40.8 Å². The zero-order valence-corrected chi connectivity index (χ0v) is 16.6. The zero-order chi connectivity index (χ0) is 19.7. The van der Waals surface area contributed by atoms with Gasteiger partial charge in [-0.15, -0.1) is 0 Å². The van der Waals surface area contributed by atoms with Gasteiger partial charge in [-0.1, -0.05) is 35.8 Å². The second-order valence-electron chi connectivity index (χ2n) is 6.83. The van der Waals surface area contributed by atoms with E-state index < -0.39 is 11.9 Å². The van der Waals surface area contributed by atoms with Gasteiger partial charge < -0.3 is 20.9 Å². The Morgan fingerprint density at radius 2 is 2.18 bits per heavy atom. The number of aliphatic hydroxyl groups excluding tert-OH is 1. The van der Waals surface area contributed by atoms with Gasteiger partial charge in [-0.3, -0.25) is 0 Å². The van der Waals surface area contributed by atoms with E-state index in [0.717, 1.165) is 25.7 Å². The number of hydrogen-bond donors (Lipinski definition) is 3. The monoisotopic (exact) mass is 422 g/mol. The molecule has 4 rings (SSSR count). The lowest BCUT2D eigenvalue weighted by atomic mass is 9.93. The second-order valence-corrected chi connectivity index (χ2v) is 8.24. The second kappa shape index (κ2) is 8.06. The maximum atomic E-state index is 14.5. The maximum absolute atomic E-state index is 14.5. The molecule has 1 aromatic carbocycles. The van der Waals surface area contributed by atoms with Gasteiger partial charge in [0.15, 0.2) is 10.9 Å². The van der Waals surface area contributed by atoms with Crippen molar-refractivity contribution in [3.63, 3.8) is 0 Å². The molecule has 0 amide bonds. The topological polar surface area (TPSA) is 93.3 Å². The predicted octanol–water partition coefficient (Wildman–Crippen LogP) is 4.36. The fraction of sp³-hybridized carbons (Fsp3) is 0.368. The first kappa shape index (κ1) is 19.2. The van der Waals surface area contributed by atoms with Crippen LogP contribution in [0.3, 0.4) is 0 Å². The highest BCUT2D eigenvalue weighted by Gasteiger charge is 2.24. The van der Waals surface area contributed by atoms with Crippen LogP contribution in [-0.4, -0.2) is 27.2 Å². The molecule has 0 radical (unpaired) electrons. The van der Waals surface area contributed by atoms with Gasteiger partial charge in [0.25, 0.3) is 0 Å². The van der Waals surface area contributed by atoms with Crippen molar-refractivity contribution in [3.8, 4) is 5.75 Å². The number of fused-ring (bicyclic) bond motifs is 1. The van der Waals surface area contributed by atoms with E-state index in [2.05, 4.69) is 15.3 Å². The number of nitrogens with one attached hydrogen (secondary N) is 1. The van der Waals surface area contributed by atoms with Crippen LogP contribution < -0.4 is 15.8 Å². The summed E-state index contributed by atoms with van der Waals surface area (Å²) in [5, 5.41) is 14.3. The molecule has 1 aliphatic rings. The molecule has 148 valence electrons.